The van der Waals surface area contributed by atoms with Crippen LogP contribution in [-0.2, 0) is 10.8 Å². The molecule has 0 amide bonds. The maximum atomic E-state index is 12.3. The summed E-state index contributed by atoms with van der Waals surface area (Å²) in [5.41, 5.74) is 1.55. The van der Waals surface area contributed by atoms with E-state index in [1.54, 1.807) is 48.5 Å². The number of rotatable bonds is 2. The van der Waals surface area contributed by atoms with Crippen LogP contribution in [-0.4, -0.2) is 4.21 Å². The lowest BCUT2D eigenvalue weighted by Gasteiger charge is -2.02. The van der Waals surface area contributed by atoms with Crippen molar-refractivity contribution in [2.75, 3.05) is 0 Å². The summed E-state index contributed by atoms with van der Waals surface area (Å²) in [5, 5.41) is 0. The van der Waals surface area contributed by atoms with Crippen molar-refractivity contribution in [3.05, 3.63) is 59.7 Å². The van der Waals surface area contributed by atoms with E-state index in [4.69, 9.17) is 12.8 Å². The minimum absolute atomic E-state index is 0.724. The maximum Gasteiger partial charge on any atom is 0.0849 e. The molecule has 0 fully saturated rings. The van der Waals surface area contributed by atoms with Gasteiger partial charge in [0.25, 0.3) is 0 Å². The van der Waals surface area contributed by atoms with Crippen molar-refractivity contribution < 1.29 is 4.21 Å². The second-order valence-electron chi connectivity index (χ2n) is 3.61. The first-order chi connectivity index (χ1) is 8.74. The van der Waals surface area contributed by atoms with Crippen LogP contribution >= 0.6 is 0 Å². The van der Waals surface area contributed by atoms with E-state index in [2.05, 4.69) is 11.8 Å². The predicted molar refractivity (Wildman–Crippen MR) is 73.4 cm³/mol. The fourth-order valence-corrected chi connectivity index (χ4v) is 2.52. The fourth-order valence-electron chi connectivity index (χ4n) is 1.49. The highest BCUT2D eigenvalue weighted by Gasteiger charge is 2.06. The minimum atomic E-state index is -1.20. The third-order valence-corrected chi connectivity index (χ3v) is 3.87. The van der Waals surface area contributed by atoms with Crippen LogP contribution in [0.1, 0.15) is 11.1 Å². The first kappa shape index (κ1) is 12.2. The average Bonchev–Trinajstić information content (AvgIpc) is 2.47. The molecule has 0 saturated carbocycles. The molecule has 0 heterocycles. The molecule has 0 radical (unpaired) electrons. The lowest BCUT2D eigenvalue weighted by atomic mass is 10.2. The van der Waals surface area contributed by atoms with Gasteiger partial charge in [-0.05, 0) is 48.5 Å². The van der Waals surface area contributed by atoms with Crippen LogP contribution in [0, 0.1) is 24.7 Å². The third kappa shape index (κ3) is 2.51. The largest absolute Gasteiger partial charge is 0.249 e. The molecule has 0 aliphatic carbocycles. The van der Waals surface area contributed by atoms with E-state index in [1.165, 1.54) is 0 Å². The Balaban J connectivity index is 2.30. The summed E-state index contributed by atoms with van der Waals surface area (Å²) in [6, 6.07) is 14.2. The molecular weight excluding hydrogens is 240 g/mol. The van der Waals surface area contributed by atoms with E-state index in [1.807, 2.05) is 0 Å². The monoisotopic (exact) mass is 250 g/mol. The number of benzene rings is 2. The summed E-state index contributed by atoms with van der Waals surface area (Å²) in [7, 11) is -1.20. The van der Waals surface area contributed by atoms with E-state index in [9.17, 15) is 4.21 Å². The van der Waals surface area contributed by atoms with E-state index >= 15 is 0 Å². The van der Waals surface area contributed by atoms with Gasteiger partial charge in [0, 0.05) is 20.9 Å². The number of hydrogen-bond donors (Lipinski definition) is 0. The Hall–Kier alpha value is -2.29. The number of terminal acetylenes is 2. The first-order valence-electron chi connectivity index (χ1n) is 5.29. The average molecular weight is 250 g/mol. The van der Waals surface area contributed by atoms with E-state index in [0.717, 1.165) is 20.9 Å². The molecule has 0 aromatic heterocycles. The SMILES string of the molecule is C#Cc1ccc(S(=O)c2ccc(C#C)cc2)cc1. The molecule has 0 aliphatic rings. The summed E-state index contributed by atoms with van der Waals surface area (Å²) >= 11 is 0. The van der Waals surface area contributed by atoms with Crippen molar-refractivity contribution in [3.8, 4) is 24.7 Å². The molecule has 0 N–H and O–H groups in total. The van der Waals surface area contributed by atoms with Crippen LogP contribution in [0.5, 0.6) is 0 Å². The van der Waals surface area contributed by atoms with Crippen molar-refractivity contribution in [1.29, 1.82) is 0 Å². The van der Waals surface area contributed by atoms with Gasteiger partial charge in [-0.15, -0.1) is 12.8 Å². The van der Waals surface area contributed by atoms with Crippen LogP contribution < -0.4 is 0 Å². The zero-order chi connectivity index (χ0) is 13.0. The minimum Gasteiger partial charge on any atom is -0.249 e. The van der Waals surface area contributed by atoms with Gasteiger partial charge in [0.2, 0.25) is 0 Å². The lowest BCUT2D eigenvalue weighted by molar-refractivity contribution is 0.683. The van der Waals surface area contributed by atoms with Gasteiger partial charge in [0.15, 0.2) is 0 Å². The van der Waals surface area contributed by atoms with Gasteiger partial charge in [-0.2, -0.15) is 0 Å². The van der Waals surface area contributed by atoms with Crippen molar-refractivity contribution in [1.82, 2.24) is 0 Å². The van der Waals surface area contributed by atoms with E-state index in [0.29, 0.717) is 0 Å². The Bertz CT molecular complexity index is 593. The van der Waals surface area contributed by atoms with Gasteiger partial charge in [-0.1, -0.05) is 11.8 Å². The highest BCUT2D eigenvalue weighted by atomic mass is 32.2. The number of hydrogen-bond acceptors (Lipinski definition) is 1. The zero-order valence-electron chi connectivity index (χ0n) is 9.59. The van der Waals surface area contributed by atoms with Crippen molar-refractivity contribution >= 4 is 10.8 Å². The Morgan fingerprint density at radius 2 is 1.06 bits per heavy atom. The van der Waals surface area contributed by atoms with Crippen molar-refractivity contribution in [2.24, 2.45) is 0 Å². The third-order valence-electron chi connectivity index (χ3n) is 2.47. The summed E-state index contributed by atoms with van der Waals surface area (Å²) < 4.78 is 12.3. The molecule has 0 spiro atoms. The van der Waals surface area contributed by atoms with Gasteiger partial charge in [0.1, 0.15) is 0 Å². The molecule has 2 aromatic rings. The standard InChI is InChI=1S/C16H10OS/c1-3-13-5-9-15(10-6-13)18(17)16-11-7-14(4-2)8-12-16/h1-2,5-12H. The topological polar surface area (TPSA) is 17.1 Å². The lowest BCUT2D eigenvalue weighted by Crippen LogP contribution is -1.93. The molecule has 0 aliphatic heterocycles. The maximum absolute atomic E-state index is 12.3. The van der Waals surface area contributed by atoms with Crippen LogP contribution in [0.3, 0.4) is 0 Å². The van der Waals surface area contributed by atoms with Gasteiger partial charge in [-0.25, -0.2) is 4.21 Å². The second kappa shape index (κ2) is 5.36. The molecular formula is C16H10OS. The van der Waals surface area contributed by atoms with Crippen LogP contribution in [0.4, 0.5) is 0 Å². The Morgan fingerprint density at radius 3 is 1.33 bits per heavy atom. The molecule has 86 valence electrons. The highest BCUT2D eigenvalue weighted by Crippen LogP contribution is 2.17. The smallest absolute Gasteiger partial charge is 0.0849 e. The van der Waals surface area contributed by atoms with E-state index in [-0.39, 0.29) is 0 Å². The zero-order valence-corrected chi connectivity index (χ0v) is 10.4. The van der Waals surface area contributed by atoms with Gasteiger partial charge in [0.05, 0.1) is 10.8 Å². The molecule has 0 bridgehead atoms. The highest BCUT2D eigenvalue weighted by molar-refractivity contribution is 7.85. The predicted octanol–water partition coefficient (Wildman–Crippen LogP) is 2.82. The van der Waals surface area contributed by atoms with Crippen LogP contribution in [0.25, 0.3) is 0 Å². The molecule has 18 heavy (non-hydrogen) atoms. The summed E-state index contributed by atoms with van der Waals surface area (Å²) in [5.74, 6) is 5.05. The Kier molecular flexibility index (Phi) is 3.63. The summed E-state index contributed by atoms with van der Waals surface area (Å²) in [6.07, 6.45) is 10.5. The van der Waals surface area contributed by atoms with Gasteiger partial charge in [-0.3, -0.25) is 0 Å². The second-order valence-corrected chi connectivity index (χ2v) is 5.09. The fraction of sp³-hybridized carbons (Fsp3) is 0. The Labute approximate surface area is 109 Å². The van der Waals surface area contributed by atoms with Crippen LogP contribution in [0.2, 0.25) is 0 Å². The van der Waals surface area contributed by atoms with Gasteiger partial charge < -0.3 is 0 Å². The Morgan fingerprint density at radius 1 is 0.722 bits per heavy atom. The summed E-state index contributed by atoms with van der Waals surface area (Å²) in [6.45, 7) is 0. The normalized spacial score (nSPS) is 9.72. The molecule has 2 heteroatoms. The van der Waals surface area contributed by atoms with E-state index < -0.39 is 10.8 Å². The van der Waals surface area contributed by atoms with Crippen molar-refractivity contribution in [3.63, 3.8) is 0 Å². The van der Waals surface area contributed by atoms with Crippen LogP contribution in [0.15, 0.2) is 58.3 Å². The molecule has 2 aromatic carbocycles. The quantitative estimate of drug-likeness (QED) is 0.749. The first-order valence-corrected chi connectivity index (χ1v) is 6.44. The van der Waals surface area contributed by atoms with Gasteiger partial charge >= 0.3 is 0 Å². The van der Waals surface area contributed by atoms with Crippen molar-refractivity contribution in [2.45, 2.75) is 9.79 Å². The molecule has 0 saturated heterocycles. The molecule has 0 unspecified atom stereocenters. The molecule has 1 nitrogen and oxygen atoms in total. The molecule has 0 atom stereocenters. The summed E-state index contributed by atoms with van der Waals surface area (Å²) in [4.78, 5) is 1.45. The molecule has 2 rings (SSSR count).